The van der Waals surface area contributed by atoms with Crippen molar-refractivity contribution in [2.45, 2.75) is 52.0 Å². The molecule has 8 nitrogen and oxygen atoms in total. The van der Waals surface area contributed by atoms with Crippen LogP contribution in [0.2, 0.25) is 0 Å². The Hall–Kier alpha value is -2.82. The molecule has 3 aromatic rings. The molecule has 0 fully saturated rings. The molecule has 0 amide bonds. The average Bonchev–Trinajstić information content (AvgIpc) is 3.31. The van der Waals surface area contributed by atoms with Gasteiger partial charge in [0.25, 0.3) is 0 Å². The van der Waals surface area contributed by atoms with E-state index in [1.54, 1.807) is 40.0 Å². The molecule has 0 aliphatic carbocycles. The predicted molar refractivity (Wildman–Crippen MR) is 127 cm³/mol. The highest BCUT2D eigenvalue weighted by atomic mass is 32.2. The Balaban J connectivity index is 1.78. The van der Waals surface area contributed by atoms with E-state index in [2.05, 4.69) is 9.71 Å². The summed E-state index contributed by atoms with van der Waals surface area (Å²) in [5, 5.41) is 2.60. The zero-order valence-corrected chi connectivity index (χ0v) is 21.1. The number of thiazole rings is 1. The summed E-state index contributed by atoms with van der Waals surface area (Å²) < 4.78 is 35.0. The number of nitrogens with zero attached hydrogens (tertiary/aromatic N) is 2. The van der Waals surface area contributed by atoms with Crippen molar-refractivity contribution >= 4 is 33.1 Å². The molecule has 2 heterocycles. The minimum absolute atomic E-state index is 0.0479. The molecule has 3 rings (SSSR count). The number of sulfonamides is 1. The van der Waals surface area contributed by atoms with E-state index in [0.717, 1.165) is 10.8 Å². The summed E-state index contributed by atoms with van der Waals surface area (Å²) in [5.74, 6) is -1.11. The van der Waals surface area contributed by atoms with Gasteiger partial charge in [0.2, 0.25) is 15.8 Å². The minimum Gasteiger partial charge on any atom is -0.454 e. The number of carbonyl (C=O) groups is 2. The number of hydrogen-bond donors (Lipinski definition) is 1. The number of Topliss-reactive ketones (excluding diaryl/α,β-unsaturated/α-hetero) is 1. The molecular formula is C23H27N3O5S2. The number of esters is 1. The van der Waals surface area contributed by atoms with Gasteiger partial charge in [0, 0.05) is 34.1 Å². The third kappa shape index (κ3) is 5.58. The SMILES string of the molecule is Cc1ccc(S(=O)(=O)NC(C)(C)C)cc1C(=O)OCC(=O)c1cc(C)n(-c2nccs2)c1C. The molecule has 0 aliphatic heterocycles. The second-order valence-corrected chi connectivity index (χ2v) is 11.3. The lowest BCUT2D eigenvalue weighted by Crippen LogP contribution is -2.40. The van der Waals surface area contributed by atoms with E-state index in [9.17, 15) is 18.0 Å². The molecule has 0 spiro atoms. The van der Waals surface area contributed by atoms with Crippen molar-refractivity contribution in [1.82, 2.24) is 14.3 Å². The second kappa shape index (κ2) is 9.20. The molecule has 1 N–H and O–H groups in total. The average molecular weight is 490 g/mol. The number of aryl methyl sites for hydroxylation is 2. The minimum atomic E-state index is -3.83. The monoisotopic (exact) mass is 489 g/mol. The molecule has 1 aromatic carbocycles. The maximum Gasteiger partial charge on any atom is 0.338 e. The van der Waals surface area contributed by atoms with Crippen LogP contribution in [-0.2, 0) is 14.8 Å². The zero-order valence-electron chi connectivity index (χ0n) is 19.4. The molecule has 2 aromatic heterocycles. The van der Waals surface area contributed by atoms with Gasteiger partial charge in [-0.1, -0.05) is 6.07 Å². The van der Waals surface area contributed by atoms with Crippen molar-refractivity contribution in [3.05, 3.63) is 63.9 Å². The van der Waals surface area contributed by atoms with Crippen LogP contribution >= 0.6 is 11.3 Å². The van der Waals surface area contributed by atoms with Crippen LogP contribution in [0.3, 0.4) is 0 Å². The van der Waals surface area contributed by atoms with Crippen molar-refractivity contribution in [2.24, 2.45) is 0 Å². The predicted octanol–water partition coefficient (Wildman–Crippen LogP) is 3.98. The van der Waals surface area contributed by atoms with Crippen LogP contribution in [0.4, 0.5) is 0 Å². The largest absolute Gasteiger partial charge is 0.454 e. The van der Waals surface area contributed by atoms with Crippen molar-refractivity contribution in [2.75, 3.05) is 6.61 Å². The number of nitrogens with one attached hydrogen (secondary N) is 1. The first-order chi connectivity index (χ1) is 15.3. The summed E-state index contributed by atoms with van der Waals surface area (Å²) in [7, 11) is -3.83. The Morgan fingerprint density at radius 2 is 1.82 bits per heavy atom. The highest BCUT2D eigenvalue weighted by molar-refractivity contribution is 7.89. The summed E-state index contributed by atoms with van der Waals surface area (Å²) in [4.78, 5) is 29.7. The Bertz CT molecular complexity index is 1300. The second-order valence-electron chi connectivity index (χ2n) is 8.77. The molecule has 176 valence electrons. The lowest BCUT2D eigenvalue weighted by Gasteiger charge is -2.20. The van der Waals surface area contributed by atoms with E-state index in [-0.39, 0.29) is 16.2 Å². The molecule has 0 radical (unpaired) electrons. The fraction of sp³-hybridized carbons (Fsp3) is 0.348. The lowest BCUT2D eigenvalue weighted by atomic mass is 10.1. The number of benzene rings is 1. The number of carbonyl (C=O) groups excluding carboxylic acids is 2. The molecule has 0 saturated heterocycles. The van der Waals surface area contributed by atoms with Gasteiger partial charge in [-0.15, -0.1) is 11.3 Å². The number of ether oxygens (including phenoxy) is 1. The zero-order chi connectivity index (χ0) is 24.6. The number of ketones is 1. The fourth-order valence-corrected chi connectivity index (χ4v) is 5.60. The van der Waals surface area contributed by atoms with Gasteiger partial charge >= 0.3 is 5.97 Å². The molecule has 0 bridgehead atoms. The van der Waals surface area contributed by atoms with E-state index in [1.807, 2.05) is 23.8 Å². The van der Waals surface area contributed by atoms with Gasteiger partial charge in [0.1, 0.15) is 0 Å². The summed E-state index contributed by atoms with van der Waals surface area (Å²) in [5.41, 5.74) is 1.95. The summed E-state index contributed by atoms with van der Waals surface area (Å²) in [6, 6.07) is 5.98. The van der Waals surface area contributed by atoms with Crippen LogP contribution in [0.1, 0.15) is 58.4 Å². The highest BCUT2D eigenvalue weighted by Crippen LogP contribution is 2.23. The van der Waals surface area contributed by atoms with Gasteiger partial charge in [-0.3, -0.25) is 9.36 Å². The highest BCUT2D eigenvalue weighted by Gasteiger charge is 2.25. The fourth-order valence-electron chi connectivity index (χ4n) is 3.40. The first-order valence-electron chi connectivity index (χ1n) is 10.2. The van der Waals surface area contributed by atoms with Gasteiger partial charge in [0.05, 0.1) is 10.5 Å². The van der Waals surface area contributed by atoms with E-state index >= 15 is 0 Å². The Morgan fingerprint density at radius 3 is 2.42 bits per heavy atom. The van der Waals surface area contributed by atoms with Gasteiger partial charge < -0.3 is 4.74 Å². The Kier molecular flexibility index (Phi) is 6.92. The Labute approximate surface area is 197 Å². The molecular weight excluding hydrogens is 462 g/mol. The van der Waals surface area contributed by atoms with Crippen molar-refractivity contribution in [3.8, 4) is 5.13 Å². The molecule has 0 aliphatic rings. The summed E-state index contributed by atoms with van der Waals surface area (Å²) >= 11 is 1.45. The van der Waals surface area contributed by atoms with E-state index in [4.69, 9.17) is 4.74 Å². The maximum atomic E-state index is 12.8. The number of hydrogen-bond acceptors (Lipinski definition) is 7. The van der Waals surface area contributed by atoms with Crippen LogP contribution in [0.15, 0.2) is 40.7 Å². The van der Waals surface area contributed by atoms with E-state index in [1.165, 1.54) is 29.5 Å². The molecule has 10 heteroatoms. The van der Waals surface area contributed by atoms with Crippen LogP contribution in [0.5, 0.6) is 0 Å². The standard InChI is InChI=1S/C23H27N3O5S2/c1-14-7-8-17(33(29,30)25-23(4,5)6)12-18(14)21(28)31-13-20(27)19-11-15(2)26(16(19)3)22-24-9-10-32-22/h7-12,25H,13H2,1-6H3. The van der Waals surface area contributed by atoms with Crippen molar-refractivity contribution < 1.29 is 22.7 Å². The van der Waals surface area contributed by atoms with Gasteiger partial charge in [0.15, 0.2) is 11.7 Å². The topological polar surface area (TPSA) is 107 Å². The van der Waals surface area contributed by atoms with E-state index < -0.39 is 28.1 Å². The van der Waals surface area contributed by atoms with Crippen LogP contribution in [0, 0.1) is 20.8 Å². The first kappa shape index (κ1) is 24.8. The van der Waals surface area contributed by atoms with Crippen LogP contribution in [0.25, 0.3) is 5.13 Å². The normalized spacial score (nSPS) is 12.1. The van der Waals surface area contributed by atoms with Crippen molar-refractivity contribution in [3.63, 3.8) is 0 Å². The molecule has 0 atom stereocenters. The lowest BCUT2D eigenvalue weighted by molar-refractivity contribution is 0.0473. The molecule has 0 unspecified atom stereocenters. The molecule has 33 heavy (non-hydrogen) atoms. The first-order valence-corrected chi connectivity index (χ1v) is 12.6. The third-order valence-corrected chi connectivity index (χ3v) is 7.37. The quantitative estimate of drug-likeness (QED) is 0.397. The van der Waals surface area contributed by atoms with Crippen molar-refractivity contribution in [1.29, 1.82) is 0 Å². The molecule has 0 saturated carbocycles. The number of aromatic nitrogens is 2. The van der Waals surface area contributed by atoms with Gasteiger partial charge in [-0.2, -0.15) is 0 Å². The van der Waals surface area contributed by atoms with E-state index in [0.29, 0.717) is 16.8 Å². The summed E-state index contributed by atoms with van der Waals surface area (Å²) in [6.07, 6.45) is 1.69. The van der Waals surface area contributed by atoms with Gasteiger partial charge in [-0.25, -0.2) is 22.9 Å². The third-order valence-electron chi connectivity index (χ3n) is 4.86. The van der Waals surface area contributed by atoms with Crippen LogP contribution in [-0.4, -0.2) is 41.9 Å². The maximum absolute atomic E-state index is 12.8. The summed E-state index contributed by atoms with van der Waals surface area (Å²) in [6.45, 7) is 10.1. The van der Waals surface area contributed by atoms with Gasteiger partial charge in [-0.05, 0) is 65.3 Å². The van der Waals surface area contributed by atoms with Crippen LogP contribution < -0.4 is 4.72 Å². The number of rotatable bonds is 7. The smallest absolute Gasteiger partial charge is 0.338 e. The Morgan fingerprint density at radius 1 is 1.12 bits per heavy atom.